The van der Waals surface area contributed by atoms with Crippen LogP contribution in [0.1, 0.15) is 11.1 Å². The number of rotatable bonds is 11. The number of halogens is 1. The summed E-state index contributed by atoms with van der Waals surface area (Å²) < 4.78 is 10.8. The van der Waals surface area contributed by atoms with Crippen molar-refractivity contribution in [3.8, 4) is 23.8 Å². The summed E-state index contributed by atoms with van der Waals surface area (Å²) in [5.74, 6) is 2.63. The number of hydrogen-bond donors (Lipinski definition) is 2. The van der Waals surface area contributed by atoms with Gasteiger partial charge in [0.15, 0.2) is 6.61 Å². The van der Waals surface area contributed by atoms with Crippen LogP contribution in [0.2, 0.25) is 5.02 Å². The first-order valence-electron chi connectivity index (χ1n) is 10.7. The van der Waals surface area contributed by atoms with Crippen molar-refractivity contribution >= 4 is 29.6 Å². The topological polar surface area (TPSA) is 89.0 Å². The third kappa shape index (κ3) is 8.88. The number of hydrogen-bond acceptors (Lipinski definition) is 5. The highest BCUT2D eigenvalue weighted by Gasteiger charge is 2.21. The lowest BCUT2D eigenvalue weighted by Crippen LogP contribution is -2.48. The van der Waals surface area contributed by atoms with Gasteiger partial charge in [-0.1, -0.05) is 47.9 Å². The van der Waals surface area contributed by atoms with Gasteiger partial charge < -0.3 is 14.8 Å². The molecule has 2 N–H and O–H groups in total. The molecule has 0 unspecified atom stereocenters. The van der Waals surface area contributed by atoms with Crippen molar-refractivity contribution in [3.63, 3.8) is 0 Å². The first-order chi connectivity index (χ1) is 17.0. The zero-order chi connectivity index (χ0) is 24.9. The van der Waals surface area contributed by atoms with Crippen molar-refractivity contribution in [2.75, 3.05) is 13.2 Å². The van der Waals surface area contributed by atoms with Gasteiger partial charge in [-0.2, -0.15) is 5.10 Å². The summed E-state index contributed by atoms with van der Waals surface area (Å²) in [5, 5.41) is 7.29. The molecule has 0 fully saturated rings. The van der Waals surface area contributed by atoms with Gasteiger partial charge in [0.25, 0.3) is 11.8 Å². The standard InChI is InChI=1S/C27H24ClN3O4/c1-2-16-34-23-12-8-21(9-13-23)18-29-31-27(33)25(17-20-6-4-3-5-7-20)30-26(32)19-35-24-14-10-22(28)11-15-24/h1,3-15,18,25H,16-17,19H2,(H,30,32)(H,31,33)/b29-18-/t25-/m0/s1. The summed E-state index contributed by atoms with van der Waals surface area (Å²) in [6.45, 7) is -0.0691. The van der Waals surface area contributed by atoms with Gasteiger partial charge in [0.2, 0.25) is 0 Å². The largest absolute Gasteiger partial charge is 0.484 e. The van der Waals surface area contributed by atoms with Crippen LogP contribution in [-0.2, 0) is 16.0 Å². The van der Waals surface area contributed by atoms with E-state index in [0.29, 0.717) is 16.5 Å². The van der Waals surface area contributed by atoms with Crippen molar-refractivity contribution in [3.05, 3.63) is 95.0 Å². The molecular weight excluding hydrogens is 466 g/mol. The van der Waals surface area contributed by atoms with Crippen LogP contribution in [0.5, 0.6) is 11.5 Å². The van der Waals surface area contributed by atoms with Crippen LogP contribution in [-0.4, -0.2) is 37.3 Å². The molecule has 1 atom stereocenters. The molecule has 8 heteroatoms. The Kier molecular flexibility index (Phi) is 9.73. The number of nitrogens with one attached hydrogen (secondary N) is 2. The Bertz CT molecular complexity index is 1170. The molecule has 0 aliphatic heterocycles. The average molecular weight is 490 g/mol. The van der Waals surface area contributed by atoms with Crippen molar-refractivity contribution < 1.29 is 19.1 Å². The second kappa shape index (κ2) is 13.4. The summed E-state index contributed by atoms with van der Waals surface area (Å²) in [7, 11) is 0. The van der Waals surface area contributed by atoms with Crippen molar-refractivity contribution in [2.24, 2.45) is 5.10 Å². The molecule has 0 saturated heterocycles. The minimum absolute atomic E-state index is 0.183. The quantitative estimate of drug-likeness (QED) is 0.245. The number of nitrogens with zero attached hydrogens (tertiary/aromatic N) is 1. The van der Waals surface area contributed by atoms with Gasteiger partial charge in [0.05, 0.1) is 6.21 Å². The van der Waals surface area contributed by atoms with Crippen molar-refractivity contribution in [2.45, 2.75) is 12.5 Å². The van der Waals surface area contributed by atoms with Crippen molar-refractivity contribution in [1.29, 1.82) is 0 Å². The molecule has 3 aromatic rings. The molecule has 3 rings (SSSR count). The molecule has 0 radical (unpaired) electrons. The Hall–Kier alpha value is -4.28. The van der Waals surface area contributed by atoms with Crippen LogP contribution in [0, 0.1) is 12.3 Å². The fourth-order valence-electron chi connectivity index (χ4n) is 3.00. The monoisotopic (exact) mass is 489 g/mol. The maximum Gasteiger partial charge on any atom is 0.262 e. The highest BCUT2D eigenvalue weighted by atomic mass is 35.5. The van der Waals surface area contributed by atoms with E-state index in [1.807, 2.05) is 30.3 Å². The van der Waals surface area contributed by atoms with Gasteiger partial charge in [-0.25, -0.2) is 5.43 Å². The summed E-state index contributed by atoms with van der Waals surface area (Å²) in [6, 6.07) is 22.2. The minimum atomic E-state index is -0.851. The maximum atomic E-state index is 12.8. The number of hydrazone groups is 1. The number of terminal acetylenes is 1. The first-order valence-corrected chi connectivity index (χ1v) is 11.1. The Labute approximate surface area is 209 Å². The summed E-state index contributed by atoms with van der Waals surface area (Å²) >= 11 is 5.86. The molecule has 0 heterocycles. The minimum Gasteiger partial charge on any atom is -0.484 e. The van der Waals surface area contributed by atoms with E-state index in [4.69, 9.17) is 27.5 Å². The smallest absolute Gasteiger partial charge is 0.262 e. The molecule has 0 aliphatic carbocycles. The molecule has 0 spiro atoms. The van der Waals surface area contributed by atoms with Crippen LogP contribution in [0.25, 0.3) is 0 Å². The normalized spacial score (nSPS) is 11.3. The highest BCUT2D eigenvalue weighted by molar-refractivity contribution is 6.30. The van der Waals surface area contributed by atoms with Crippen molar-refractivity contribution in [1.82, 2.24) is 10.7 Å². The molecule has 0 bridgehead atoms. The Morgan fingerprint density at radius 3 is 2.31 bits per heavy atom. The van der Waals surface area contributed by atoms with Gasteiger partial charge in [-0.05, 0) is 59.7 Å². The number of carbonyl (C=O) groups excluding carboxylic acids is 2. The van der Waals surface area contributed by atoms with Gasteiger partial charge in [-0.15, -0.1) is 6.42 Å². The SMILES string of the molecule is C#CCOc1ccc(/C=N\NC(=O)[C@H](Cc2ccccc2)NC(=O)COc2ccc(Cl)cc2)cc1. The number of amides is 2. The van der Waals surface area contributed by atoms with Crippen LogP contribution in [0.15, 0.2) is 84.0 Å². The number of carbonyl (C=O) groups is 2. The lowest BCUT2D eigenvalue weighted by Gasteiger charge is -2.17. The van der Waals surface area contributed by atoms with E-state index < -0.39 is 17.9 Å². The van der Waals surface area contributed by atoms with Gasteiger partial charge in [0.1, 0.15) is 24.1 Å². The second-order valence-corrected chi connectivity index (χ2v) is 7.78. The number of ether oxygens (including phenoxy) is 2. The van der Waals surface area contributed by atoms with E-state index in [1.54, 1.807) is 48.5 Å². The third-order valence-electron chi connectivity index (χ3n) is 4.71. The van der Waals surface area contributed by atoms with E-state index in [2.05, 4.69) is 21.8 Å². The zero-order valence-corrected chi connectivity index (χ0v) is 19.6. The Morgan fingerprint density at radius 2 is 1.63 bits per heavy atom. The Balaban J connectivity index is 1.59. The molecule has 0 aliphatic rings. The summed E-state index contributed by atoms with van der Waals surface area (Å²) in [5.41, 5.74) is 4.12. The van der Waals surface area contributed by atoms with Crippen LogP contribution < -0.4 is 20.2 Å². The summed E-state index contributed by atoms with van der Waals surface area (Å²) in [4.78, 5) is 25.3. The van der Waals surface area contributed by atoms with Gasteiger partial charge in [-0.3, -0.25) is 9.59 Å². The van der Waals surface area contributed by atoms with E-state index in [1.165, 1.54) is 6.21 Å². The lowest BCUT2D eigenvalue weighted by atomic mass is 10.1. The lowest BCUT2D eigenvalue weighted by molar-refractivity contribution is -0.130. The molecule has 2 amide bonds. The fraction of sp³-hybridized carbons (Fsp3) is 0.148. The first kappa shape index (κ1) is 25.3. The van der Waals surface area contributed by atoms with E-state index in [0.717, 1.165) is 11.1 Å². The number of benzene rings is 3. The van der Waals surface area contributed by atoms with Crippen LogP contribution in [0.3, 0.4) is 0 Å². The van der Waals surface area contributed by atoms with Crippen LogP contribution >= 0.6 is 11.6 Å². The van der Waals surface area contributed by atoms with E-state index in [9.17, 15) is 9.59 Å². The molecule has 0 saturated carbocycles. The molecule has 0 aromatic heterocycles. The maximum absolute atomic E-state index is 12.8. The molecule has 178 valence electrons. The predicted octanol–water partition coefficient (Wildman–Crippen LogP) is 3.61. The third-order valence-corrected chi connectivity index (χ3v) is 4.96. The molecule has 7 nitrogen and oxygen atoms in total. The highest BCUT2D eigenvalue weighted by Crippen LogP contribution is 2.15. The summed E-state index contributed by atoms with van der Waals surface area (Å²) in [6.07, 6.45) is 6.96. The fourth-order valence-corrected chi connectivity index (χ4v) is 3.12. The van der Waals surface area contributed by atoms with E-state index >= 15 is 0 Å². The molecular formula is C27H24ClN3O4. The zero-order valence-electron chi connectivity index (χ0n) is 18.8. The Morgan fingerprint density at radius 1 is 0.971 bits per heavy atom. The second-order valence-electron chi connectivity index (χ2n) is 7.35. The predicted molar refractivity (Wildman–Crippen MR) is 136 cm³/mol. The van der Waals surface area contributed by atoms with Crippen LogP contribution in [0.4, 0.5) is 0 Å². The van der Waals surface area contributed by atoms with E-state index in [-0.39, 0.29) is 19.6 Å². The van der Waals surface area contributed by atoms with Gasteiger partial charge >= 0.3 is 0 Å². The average Bonchev–Trinajstić information content (AvgIpc) is 2.88. The molecule has 3 aromatic carbocycles. The van der Waals surface area contributed by atoms with Gasteiger partial charge in [0, 0.05) is 11.4 Å². The molecule has 35 heavy (non-hydrogen) atoms.